The van der Waals surface area contributed by atoms with Crippen LogP contribution in [0.5, 0.6) is 0 Å². The largest absolute Gasteiger partial charge is 0.691 e. The summed E-state index contributed by atoms with van der Waals surface area (Å²) >= 11 is 0.679. The Morgan fingerprint density at radius 2 is 1.91 bits per heavy atom. The van der Waals surface area contributed by atoms with Gasteiger partial charge in [0.2, 0.25) is 0 Å². The summed E-state index contributed by atoms with van der Waals surface area (Å²) in [5.74, 6) is -1.49. The van der Waals surface area contributed by atoms with Gasteiger partial charge in [-0.25, -0.2) is 4.79 Å². The van der Waals surface area contributed by atoms with Gasteiger partial charge in [-0.15, -0.1) is 11.8 Å². The van der Waals surface area contributed by atoms with Crippen LogP contribution in [-0.2, 0) is 18.9 Å². The molecule has 23 heavy (non-hydrogen) atoms. The van der Waals surface area contributed by atoms with Crippen LogP contribution in [-0.4, -0.2) is 23.6 Å². The minimum atomic E-state index is -4.01. The number of alkyl halides is 2. The van der Waals surface area contributed by atoms with E-state index in [1.54, 1.807) is 0 Å². The molecule has 0 fully saturated rings. The molecule has 2 aromatic rings. The van der Waals surface area contributed by atoms with Gasteiger partial charge in [-0.2, -0.15) is 13.1 Å². The number of rotatable bonds is 8. The zero-order chi connectivity index (χ0) is 16.7. The molecule has 0 N–H and O–H groups in total. The van der Waals surface area contributed by atoms with Gasteiger partial charge in [-0.1, -0.05) is 36.4 Å². The molecule has 0 saturated carbocycles. The lowest BCUT2D eigenvalue weighted by molar-refractivity contribution is -0.777. The van der Waals surface area contributed by atoms with Crippen LogP contribution in [0.4, 0.5) is 8.78 Å². The lowest BCUT2D eigenvalue weighted by Gasteiger charge is -2.14. The molecule has 0 saturated heterocycles. The van der Waals surface area contributed by atoms with Crippen LogP contribution in [0.25, 0.3) is 10.8 Å². The normalized spacial score (nSPS) is 11.6. The first kappa shape index (κ1) is 18.0. The van der Waals surface area contributed by atoms with Gasteiger partial charge in [0.05, 0.1) is 0 Å². The molecule has 0 radical (unpaired) electrons. The predicted octanol–water partition coefficient (Wildman–Crippen LogP) is 2.94. The second-order valence-corrected chi connectivity index (χ2v) is 6.15. The Balaban J connectivity index is 1.84. The van der Waals surface area contributed by atoms with Gasteiger partial charge in [-0.3, -0.25) is 5.04 Å². The summed E-state index contributed by atoms with van der Waals surface area (Å²) in [6.45, 7) is -0.207. The summed E-state index contributed by atoms with van der Waals surface area (Å²) in [7, 11) is 0. The van der Waals surface area contributed by atoms with E-state index < -0.39 is 23.3 Å². The van der Waals surface area contributed by atoms with E-state index in [4.69, 9.17) is 0 Å². The zero-order valence-electron chi connectivity index (χ0n) is 11.6. The van der Waals surface area contributed by atoms with Crippen molar-refractivity contribution >= 4 is 40.5 Å². The van der Waals surface area contributed by atoms with E-state index >= 15 is 0 Å². The summed E-state index contributed by atoms with van der Waals surface area (Å²) in [6.07, 6.45) is 0. The number of benzene rings is 2. The van der Waals surface area contributed by atoms with Gasteiger partial charge in [0.25, 0.3) is 0 Å². The fourth-order valence-electron chi connectivity index (χ4n) is 1.78. The molecule has 0 aliphatic rings. The van der Waals surface area contributed by atoms with E-state index in [2.05, 4.69) is 14.1 Å². The quantitative estimate of drug-likeness (QED) is 0.179. The molecule has 0 aromatic heterocycles. The molecule has 124 valence electrons. The minimum absolute atomic E-state index is 0.207. The van der Waals surface area contributed by atoms with E-state index in [9.17, 15) is 18.8 Å². The molecule has 0 aliphatic carbocycles. The number of hydrogen-bond acceptors (Lipinski definition) is 7. The molecule has 0 unspecified atom stereocenters. The third kappa shape index (κ3) is 5.05. The van der Waals surface area contributed by atoms with Crippen molar-refractivity contribution in [3.05, 3.63) is 42.5 Å². The molecule has 0 heterocycles. The van der Waals surface area contributed by atoms with E-state index in [-0.39, 0.29) is 6.61 Å². The van der Waals surface area contributed by atoms with Crippen LogP contribution in [0, 0.1) is 0 Å². The lowest BCUT2D eigenvalue weighted by Crippen LogP contribution is -2.28. The number of halogens is 2. The average Bonchev–Trinajstić information content (AvgIpc) is 2.56. The Morgan fingerprint density at radius 1 is 1.17 bits per heavy atom. The standard InChI is InChI=1S/C14H12F2O5S2/c15-14(16,23-21-20-18)13(17)19-8-9-22-12-7-3-5-10-4-1-2-6-11(10)12/h1-7,18H,8-9H2/p-1. The SMILES string of the molecule is O=C(OCCSc1cccc2ccccc12)C(F)(F)SOO[O-]. The summed E-state index contributed by atoms with van der Waals surface area (Å²) in [4.78, 5) is 12.1. The van der Waals surface area contributed by atoms with Crippen molar-refractivity contribution in [2.45, 2.75) is 10.2 Å². The van der Waals surface area contributed by atoms with Crippen molar-refractivity contribution in [3.8, 4) is 0 Å². The Hall–Kier alpha value is -1.39. The van der Waals surface area contributed by atoms with Gasteiger partial charge in [0.1, 0.15) is 18.6 Å². The third-order valence-electron chi connectivity index (χ3n) is 2.73. The van der Waals surface area contributed by atoms with E-state index in [1.807, 2.05) is 42.5 Å². The third-order valence-corrected chi connectivity index (χ3v) is 4.27. The first-order valence-electron chi connectivity index (χ1n) is 6.34. The second kappa shape index (κ2) is 8.46. The van der Waals surface area contributed by atoms with Gasteiger partial charge in [0.15, 0.2) is 0 Å². The summed E-state index contributed by atoms with van der Waals surface area (Å²) in [6, 6.07) is 13.5. The van der Waals surface area contributed by atoms with Crippen molar-refractivity contribution in [3.63, 3.8) is 0 Å². The van der Waals surface area contributed by atoms with Crippen molar-refractivity contribution in [2.24, 2.45) is 0 Å². The van der Waals surface area contributed by atoms with Crippen molar-refractivity contribution < 1.29 is 32.9 Å². The molecule has 0 bridgehead atoms. The van der Waals surface area contributed by atoms with E-state index in [0.717, 1.165) is 15.7 Å². The highest BCUT2D eigenvalue weighted by atomic mass is 32.2. The van der Waals surface area contributed by atoms with Crippen LogP contribution in [0.3, 0.4) is 0 Å². The molecule has 0 aliphatic heterocycles. The number of thioether (sulfide) groups is 1. The number of esters is 1. The maximum atomic E-state index is 13.1. The van der Waals surface area contributed by atoms with Crippen LogP contribution in [0.15, 0.2) is 47.4 Å². The molecule has 2 aromatic carbocycles. The van der Waals surface area contributed by atoms with Crippen LogP contribution in [0.2, 0.25) is 0 Å². The molecule has 0 amide bonds. The Kier molecular flexibility index (Phi) is 6.60. The van der Waals surface area contributed by atoms with Crippen LogP contribution < -0.4 is 5.26 Å². The maximum absolute atomic E-state index is 13.1. The van der Waals surface area contributed by atoms with Crippen LogP contribution >= 0.6 is 23.8 Å². The molecule has 5 nitrogen and oxygen atoms in total. The van der Waals surface area contributed by atoms with Crippen LogP contribution in [0.1, 0.15) is 0 Å². The molecule has 2 rings (SSSR count). The highest BCUT2D eigenvalue weighted by molar-refractivity contribution is 7.99. The minimum Gasteiger partial charge on any atom is -0.691 e. The van der Waals surface area contributed by atoms with E-state index in [0.29, 0.717) is 5.75 Å². The number of fused-ring (bicyclic) bond motifs is 1. The highest BCUT2D eigenvalue weighted by Crippen LogP contribution is 2.31. The molecule has 9 heteroatoms. The maximum Gasteiger partial charge on any atom is 0.415 e. The number of ether oxygens (including phenoxy) is 1. The average molecular weight is 361 g/mol. The predicted molar refractivity (Wildman–Crippen MR) is 80.3 cm³/mol. The fraction of sp³-hybridized carbons (Fsp3) is 0.214. The zero-order valence-corrected chi connectivity index (χ0v) is 13.2. The first-order valence-corrected chi connectivity index (χ1v) is 8.07. The number of carbonyl (C=O) groups excluding carboxylic acids is 1. The fourth-order valence-corrected chi connectivity index (χ4v) is 2.93. The first-order chi connectivity index (χ1) is 11.0. The molecule has 0 atom stereocenters. The van der Waals surface area contributed by atoms with E-state index in [1.165, 1.54) is 11.8 Å². The highest BCUT2D eigenvalue weighted by Gasteiger charge is 2.43. The summed E-state index contributed by atoms with van der Waals surface area (Å²) in [5.41, 5.74) is 0. The topological polar surface area (TPSA) is 67.8 Å². The Labute approximate surface area is 139 Å². The second-order valence-electron chi connectivity index (χ2n) is 4.20. The van der Waals surface area contributed by atoms with Gasteiger partial charge in [0, 0.05) is 10.6 Å². The van der Waals surface area contributed by atoms with Crippen molar-refractivity contribution in [1.82, 2.24) is 0 Å². The van der Waals surface area contributed by atoms with Gasteiger partial charge < -0.3 is 9.99 Å². The summed E-state index contributed by atoms with van der Waals surface area (Å²) in [5, 5.41) is 10.4. The number of carbonyl (C=O) groups is 1. The Bertz CT molecular complexity index is 663. The molecule has 0 spiro atoms. The Morgan fingerprint density at radius 3 is 2.70 bits per heavy atom. The monoisotopic (exact) mass is 361 g/mol. The van der Waals surface area contributed by atoms with Gasteiger partial charge >= 0.3 is 11.2 Å². The van der Waals surface area contributed by atoms with Gasteiger partial charge in [-0.05, 0) is 16.8 Å². The smallest absolute Gasteiger partial charge is 0.415 e. The van der Waals surface area contributed by atoms with Crippen molar-refractivity contribution in [1.29, 1.82) is 0 Å². The number of hydrogen-bond donors (Lipinski definition) is 0. The summed E-state index contributed by atoms with van der Waals surface area (Å²) < 4.78 is 34.1. The lowest BCUT2D eigenvalue weighted by atomic mass is 10.1. The van der Waals surface area contributed by atoms with Crippen molar-refractivity contribution in [2.75, 3.05) is 12.4 Å². The molecular formula is C14H11F2O5S2-. The molecular weight excluding hydrogens is 350 g/mol.